The molecular weight excluding hydrogens is 268 g/mol. The maximum absolute atomic E-state index is 4.70. The Morgan fingerprint density at radius 2 is 2.00 bits per heavy atom. The molecule has 1 saturated heterocycles. The van der Waals surface area contributed by atoms with Crippen LogP contribution in [-0.2, 0) is 0 Å². The van der Waals surface area contributed by atoms with Gasteiger partial charge in [0, 0.05) is 29.8 Å². The minimum Gasteiger partial charge on any atom is -0.373 e. The normalized spacial score (nSPS) is 22.3. The molecule has 4 nitrogen and oxygen atoms in total. The molecule has 1 aromatic heterocycles. The number of thioether (sulfide) groups is 1. The van der Waals surface area contributed by atoms with Gasteiger partial charge in [0.25, 0.3) is 0 Å². The van der Waals surface area contributed by atoms with E-state index in [0.717, 1.165) is 29.6 Å². The van der Waals surface area contributed by atoms with Crippen molar-refractivity contribution < 1.29 is 0 Å². The standard InChI is InChI=1S/C15H26N4S/c1-10(2)12-18-13(16-5)11(3)14(19-12)17-9-15(4)7-6-8-20-15/h10H,6-9H2,1-5H3,(H2,16,17,18,19). The van der Waals surface area contributed by atoms with Crippen LogP contribution < -0.4 is 10.6 Å². The van der Waals surface area contributed by atoms with Crippen molar-refractivity contribution in [2.24, 2.45) is 0 Å². The Labute approximate surface area is 126 Å². The van der Waals surface area contributed by atoms with E-state index in [1.54, 1.807) is 0 Å². The Morgan fingerprint density at radius 3 is 2.55 bits per heavy atom. The maximum atomic E-state index is 4.70. The van der Waals surface area contributed by atoms with E-state index in [1.165, 1.54) is 18.6 Å². The van der Waals surface area contributed by atoms with Gasteiger partial charge in [-0.15, -0.1) is 0 Å². The molecule has 1 atom stereocenters. The topological polar surface area (TPSA) is 49.8 Å². The fraction of sp³-hybridized carbons (Fsp3) is 0.733. The van der Waals surface area contributed by atoms with Crippen molar-refractivity contribution in [2.45, 2.75) is 51.2 Å². The Balaban J connectivity index is 2.19. The Morgan fingerprint density at radius 1 is 1.30 bits per heavy atom. The highest BCUT2D eigenvalue weighted by atomic mass is 32.2. The van der Waals surface area contributed by atoms with E-state index >= 15 is 0 Å². The van der Waals surface area contributed by atoms with E-state index in [0.29, 0.717) is 10.7 Å². The molecule has 0 amide bonds. The molecular formula is C15H26N4S. The van der Waals surface area contributed by atoms with E-state index in [1.807, 2.05) is 7.05 Å². The highest BCUT2D eigenvalue weighted by molar-refractivity contribution is 8.00. The van der Waals surface area contributed by atoms with Gasteiger partial charge in [-0.25, -0.2) is 9.97 Å². The number of aromatic nitrogens is 2. The smallest absolute Gasteiger partial charge is 0.135 e. The van der Waals surface area contributed by atoms with Gasteiger partial charge in [-0.05, 0) is 32.4 Å². The zero-order chi connectivity index (χ0) is 14.8. The third-order valence-corrected chi connectivity index (χ3v) is 5.38. The molecule has 0 aliphatic carbocycles. The third kappa shape index (κ3) is 3.37. The Bertz CT molecular complexity index is 467. The molecule has 2 N–H and O–H groups in total. The molecule has 2 heterocycles. The van der Waals surface area contributed by atoms with E-state index in [9.17, 15) is 0 Å². The summed E-state index contributed by atoms with van der Waals surface area (Å²) in [4.78, 5) is 9.28. The monoisotopic (exact) mass is 294 g/mol. The number of anilines is 2. The summed E-state index contributed by atoms with van der Waals surface area (Å²) in [5, 5.41) is 6.73. The Kier molecular flexibility index (Phi) is 4.78. The van der Waals surface area contributed by atoms with E-state index < -0.39 is 0 Å². The average molecular weight is 294 g/mol. The lowest BCUT2D eigenvalue weighted by atomic mass is 10.1. The van der Waals surface area contributed by atoms with Gasteiger partial charge in [-0.2, -0.15) is 11.8 Å². The van der Waals surface area contributed by atoms with Crippen molar-refractivity contribution in [3.05, 3.63) is 11.4 Å². The summed E-state index contributed by atoms with van der Waals surface area (Å²) in [7, 11) is 1.91. The largest absolute Gasteiger partial charge is 0.373 e. The highest BCUT2D eigenvalue weighted by Gasteiger charge is 2.29. The molecule has 0 aromatic carbocycles. The van der Waals surface area contributed by atoms with Gasteiger partial charge in [0.2, 0.25) is 0 Å². The van der Waals surface area contributed by atoms with Crippen LogP contribution >= 0.6 is 11.8 Å². The van der Waals surface area contributed by atoms with Gasteiger partial charge < -0.3 is 10.6 Å². The zero-order valence-electron chi connectivity index (χ0n) is 13.2. The molecule has 1 aliphatic heterocycles. The summed E-state index contributed by atoms with van der Waals surface area (Å²) in [5.74, 6) is 4.41. The summed E-state index contributed by atoms with van der Waals surface area (Å²) in [6.07, 6.45) is 2.61. The molecule has 1 fully saturated rings. The van der Waals surface area contributed by atoms with Crippen LogP contribution in [0, 0.1) is 6.92 Å². The van der Waals surface area contributed by atoms with Crippen LogP contribution in [-0.4, -0.2) is 34.1 Å². The second kappa shape index (κ2) is 6.20. The molecule has 5 heteroatoms. The lowest BCUT2D eigenvalue weighted by Gasteiger charge is -2.24. The average Bonchev–Trinajstić information content (AvgIpc) is 2.84. The molecule has 0 spiro atoms. The first-order chi connectivity index (χ1) is 9.45. The summed E-state index contributed by atoms with van der Waals surface area (Å²) in [6.45, 7) is 9.64. The van der Waals surface area contributed by atoms with Gasteiger partial charge in [0.15, 0.2) is 0 Å². The van der Waals surface area contributed by atoms with Crippen molar-refractivity contribution >= 4 is 23.4 Å². The second-order valence-electron chi connectivity index (χ2n) is 6.06. The molecule has 0 bridgehead atoms. The van der Waals surface area contributed by atoms with Gasteiger partial charge >= 0.3 is 0 Å². The fourth-order valence-electron chi connectivity index (χ4n) is 2.45. The lowest BCUT2D eigenvalue weighted by molar-refractivity contribution is 0.632. The summed E-state index contributed by atoms with van der Waals surface area (Å²) in [5.41, 5.74) is 1.10. The number of hydrogen-bond acceptors (Lipinski definition) is 5. The van der Waals surface area contributed by atoms with E-state index in [4.69, 9.17) is 4.98 Å². The minimum atomic E-state index is 0.333. The minimum absolute atomic E-state index is 0.333. The highest BCUT2D eigenvalue weighted by Crippen LogP contribution is 2.38. The lowest BCUT2D eigenvalue weighted by Crippen LogP contribution is -2.28. The molecule has 20 heavy (non-hydrogen) atoms. The van der Waals surface area contributed by atoms with Crippen LogP contribution in [0.25, 0.3) is 0 Å². The predicted octanol–water partition coefficient (Wildman–Crippen LogP) is 3.65. The SMILES string of the molecule is CNc1nc(C(C)C)nc(NCC2(C)CCCS2)c1C. The molecule has 2 rings (SSSR count). The first kappa shape index (κ1) is 15.4. The van der Waals surface area contributed by atoms with Gasteiger partial charge in [0.05, 0.1) is 0 Å². The van der Waals surface area contributed by atoms with Crippen LogP contribution in [0.15, 0.2) is 0 Å². The van der Waals surface area contributed by atoms with Crippen LogP contribution in [0.3, 0.4) is 0 Å². The van der Waals surface area contributed by atoms with Gasteiger partial charge in [-0.3, -0.25) is 0 Å². The third-order valence-electron chi connectivity index (χ3n) is 3.85. The Hall–Kier alpha value is -0.970. The van der Waals surface area contributed by atoms with Crippen molar-refractivity contribution in [1.82, 2.24) is 9.97 Å². The first-order valence-corrected chi connectivity index (χ1v) is 8.38. The molecule has 1 aliphatic rings. The van der Waals surface area contributed by atoms with Gasteiger partial charge in [-0.1, -0.05) is 13.8 Å². The zero-order valence-corrected chi connectivity index (χ0v) is 14.0. The van der Waals surface area contributed by atoms with Crippen LogP contribution in [0.1, 0.15) is 50.9 Å². The van der Waals surface area contributed by atoms with Crippen LogP contribution in [0.4, 0.5) is 11.6 Å². The van der Waals surface area contributed by atoms with Crippen molar-refractivity contribution in [3.63, 3.8) is 0 Å². The summed E-state index contributed by atoms with van der Waals surface area (Å²) in [6, 6.07) is 0. The number of rotatable bonds is 5. The molecule has 0 saturated carbocycles. The van der Waals surface area contributed by atoms with Gasteiger partial charge in [0.1, 0.15) is 17.5 Å². The van der Waals surface area contributed by atoms with Crippen LogP contribution in [0.2, 0.25) is 0 Å². The number of nitrogens with zero attached hydrogens (tertiary/aromatic N) is 2. The molecule has 112 valence electrons. The fourth-order valence-corrected chi connectivity index (χ4v) is 3.70. The maximum Gasteiger partial charge on any atom is 0.135 e. The summed E-state index contributed by atoms with van der Waals surface area (Å²) < 4.78 is 0.342. The van der Waals surface area contributed by atoms with Crippen LogP contribution in [0.5, 0.6) is 0 Å². The van der Waals surface area contributed by atoms with Crippen molar-refractivity contribution in [2.75, 3.05) is 30.0 Å². The van der Waals surface area contributed by atoms with E-state index in [2.05, 4.69) is 55.1 Å². The van der Waals surface area contributed by atoms with Crippen molar-refractivity contribution in [1.29, 1.82) is 0 Å². The number of hydrogen-bond donors (Lipinski definition) is 2. The summed E-state index contributed by atoms with van der Waals surface area (Å²) >= 11 is 2.07. The second-order valence-corrected chi connectivity index (χ2v) is 7.75. The molecule has 0 radical (unpaired) electrons. The molecule has 1 unspecified atom stereocenters. The van der Waals surface area contributed by atoms with Crippen molar-refractivity contribution in [3.8, 4) is 0 Å². The first-order valence-electron chi connectivity index (χ1n) is 7.39. The molecule has 1 aromatic rings. The predicted molar refractivity (Wildman–Crippen MR) is 89.0 cm³/mol. The quantitative estimate of drug-likeness (QED) is 0.868. The number of nitrogens with one attached hydrogen (secondary N) is 2. The van der Waals surface area contributed by atoms with E-state index in [-0.39, 0.29) is 0 Å².